The second-order valence-corrected chi connectivity index (χ2v) is 6.83. The summed E-state index contributed by atoms with van der Waals surface area (Å²) in [7, 11) is 0. The van der Waals surface area contributed by atoms with E-state index in [0.29, 0.717) is 5.56 Å². The van der Waals surface area contributed by atoms with Gasteiger partial charge in [-0.15, -0.1) is 0 Å². The molecule has 0 heterocycles. The maximum absolute atomic E-state index is 12.8. The van der Waals surface area contributed by atoms with Crippen LogP contribution in [0.1, 0.15) is 25.3 Å². The van der Waals surface area contributed by atoms with Crippen LogP contribution >= 0.6 is 0 Å². The van der Waals surface area contributed by atoms with Gasteiger partial charge in [0.05, 0.1) is 6.54 Å². The summed E-state index contributed by atoms with van der Waals surface area (Å²) < 4.78 is 0. The molecule has 0 radical (unpaired) electrons. The van der Waals surface area contributed by atoms with Crippen LogP contribution in [0.4, 0.5) is 0 Å². The van der Waals surface area contributed by atoms with Crippen molar-refractivity contribution < 1.29 is 34.2 Å². The van der Waals surface area contributed by atoms with E-state index in [1.165, 1.54) is 19.1 Å². The van der Waals surface area contributed by atoms with E-state index in [1.54, 1.807) is 12.1 Å². The van der Waals surface area contributed by atoms with Gasteiger partial charge in [-0.1, -0.05) is 12.1 Å². The van der Waals surface area contributed by atoms with E-state index in [-0.39, 0.29) is 31.6 Å². The van der Waals surface area contributed by atoms with Crippen molar-refractivity contribution in [2.24, 2.45) is 11.5 Å². The number of carboxylic acid groups (broad SMARTS) is 1. The Balaban J connectivity index is 3.00. The smallest absolute Gasteiger partial charge is 0.325 e. The van der Waals surface area contributed by atoms with Crippen molar-refractivity contribution in [3.05, 3.63) is 29.8 Å². The van der Waals surface area contributed by atoms with Crippen LogP contribution in [0.25, 0.3) is 0 Å². The quantitative estimate of drug-likeness (QED) is 0.189. The minimum absolute atomic E-state index is 0.0199. The molecule has 3 atom stereocenters. The van der Waals surface area contributed by atoms with Crippen LogP contribution in [0.3, 0.4) is 0 Å². The summed E-state index contributed by atoms with van der Waals surface area (Å²) in [4.78, 5) is 59.1. The molecule has 12 heteroatoms. The number of hydrogen-bond donors (Lipinski definition) is 7. The van der Waals surface area contributed by atoms with E-state index in [2.05, 4.69) is 16.0 Å². The molecule has 0 fully saturated rings. The lowest BCUT2D eigenvalue weighted by atomic mass is 10.0. The van der Waals surface area contributed by atoms with Crippen LogP contribution in [-0.4, -0.2) is 64.5 Å². The fourth-order valence-corrected chi connectivity index (χ4v) is 2.53. The van der Waals surface area contributed by atoms with Gasteiger partial charge in [0.1, 0.15) is 23.9 Å². The molecule has 0 aliphatic heterocycles. The number of carboxylic acids is 1. The molecule has 0 saturated carbocycles. The number of carbonyl (C=O) groups excluding carboxylic acids is 4. The predicted octanol–water partition coefficient (Wildman–Crippen LogP) is -2.28. The summed E-state index contributed by atoms with van der Waals surface area (Å²) in [6, 6.07) is 2.30. The van der Waals surface area contributed by atoms with E-state index in [4.69, 9.17) is 16.6 Å². The normalized spacial score (nSPS) is 13.4. The lowest BCUT2D eigenvalue weighted by Gasteiger charge is -2.23. The summed E-state index contributed by atoms with van der Waals surface area (Å²) in [6.45, 7) is 0.864. The molecule has 0 aliphatic carbocycles. The molecule has 0 bridgehead atoms. The maximum Gasteiger partial charge on any atom is 0.325 e. The van der Waals surface area contributed by atoms with E-state index in [9.17, 15) is 29.1 Å². The predicted molar refractivity (Wildman–Crippen MR) is 108 cm³/mol. The van der Waals surface area contributed by atoms with Crippen molar-refractivity contribution in [2.45, 2.75) is 44.3 Å². The Hall–Kier alpha value is -3.67. The third-order valence-electron chi connectivity index (χ3n) is 4.25. The van der Waals surface area contributed by atoms with Gasteiger partial charge in [0.2, 0.25) is 23.6 Å². The number of carbonyl (C=O) groups is 5. The third-order valence-corrected chi connectivity index (χ3v) is 4.25. The van der Waals surface area contributed by atoms with Crippen molar-refractivity contribution in [2.75, 3.05) is 6.54 Å². The Bertz CT molecular complexity index is 812. The molecule has 170 valence electrons. The van der Waals surface area contributed by atoms with Gasteiger partial charge in [0.15, 0.2) is 0 Å². The highest BCUT2D eigenvalue weighted by atomic mass is 16.4. The first-order chi connectivity index (χ1) is 14.5. The number of aliphatic carboxylic acids is 1. The number of phenols is 1. The average Bonchev–Trinajstić information content (AvgIpc) is 2.71. The van der Waals surface area contributed by atoms with Gasteiger partial charge in [0.25, 0.3) is 0 Å². The maximum atomic E-state index is 12.8. The second-order valence-electron chi connectivity index (χ2n) is 6.83. The zero-order chi connectivity index (χ0) is 23.6. The molecule has 31 heavy (non-hydrogen) atoms. The van der Waals surface area contributed by atoms with Crippen molar-refractivity contribution >= 4 is 29.6 Å². The fourth-order valence-electron chi connectivity index (χ4n) is 2.53. The molecule has 0 aliphatic rings. The van der Waals surface area contributed by atoms with E-state index < -0.39 is 47.7 Å². The molecular weight excluding hydrogens is 410 g/mol. The van der Waals surface area contributed by atoms with E-state index in [0.717, 1.165) is 0 Å². The van der Waals surface area contributed by atoms with Gasteiger partial charge in [-0.3, -0.25) is 24.0 Å². The first kappa shape index (κ1) is 25.4. The number of rotatable bonds is 12. The lowest BCUT2D eigenvalue weighted by Crippen LogP contribution is -2.56. The van der Waals surface area contributed by atoms with Crippen LogP contribution in [-0.2, 0) is 30.4 Å². The van der Waals surface area contributed by atoms with Crippen molar-refractivity contribution in [1.82, 2.24) is 16.0 Å². The number of amides is 4. The number of nitrogens with two attached hydrogens (primary N) is 2. The summed E-state index contributed by atoms with van der Waals surface area (Å²) in [5.74, 6) is -4.16. The minimum atomic E-state index is -1.28. The Morgan fingerprint density at radius 1 is 0.968 bits per heavy atom. The number of nitrogens with one attached hydrogen (secondary N) is 3. The highest BCUT2D eigenvalue weighted by Gasteiger charge is 2.28. The van der Waals surface area contributed by atoms with Gasteiger partial charge in [-0.2, -0.15) is 0 Å². The average molecular weight is 437 g/mol. The molecule has 9 N–H and O–H groups in total. The van der Waals surface area contributed by atoms with Crippen LogP contribution in [0.2, 0.25) is 0 Å². The molecule has 0 aromatic heterocycles. The van der Waals surface area contributed by atoms with Crippen LogP contribution < -0.4 is 27.4 Å². The largest absolute Gasteiger partial charge is 0.508 e. The van der Waals surface area contributed by atoms with Gasteiger partial charge < -0.3 is 37.6 Å². The van der Waals surface area contributed by atoms with Crippen LogP contribution in [0.5, 0.6) is 5.75 Å². The van der Waals surface area contributed by atoms with Crippen molar-refractivity contribution in [3.63, 3.8) is 0 Å². The van der Waals surface area contributed by atoms with E-state index >= 15 is 0 Å². The molecule has 4 amide bonds. The standard InChI is InChI=1S/C19H27N5O7/c1-10(19(30)31)22-17(28)13(6-7-15(21)26)24-18(29)14(23-16(27)9-20)8-11-2-4-12(25)5-3-11/h2-5,10,13-14,25H,6-9,20H2,1H3,(H2,21,26)(H,22,28)(H,23,27)(H,24,29)(H,30,31). The third kappa shape index (κ3) is 9.12. The van der Waals surface area contributed by atoms with Crippen LogP contribution in [0.15, 0.2) is 24.3 Å². The number of phenolic OH excluding ortho intramolecular Hbond substituents is 1. The monoisotopic (exact) mass is 437 g/mol. The topological polar surface area (TPSA) is 214 Å². The Morgan fingerprint density at radius 2 is 1.55 bits per heavy atom. The number of benzene rings is 1. The zero-order valence-corrected chi connectivity index (χ0v) is 17.0. The van der Waals surface area contributed by atoms with Gasteiger partial charge >= 0.3 is 5.97 Å². The van der Waals surface area contributed by atoms with Gasteiger partial charge in [-0.25, -0.2) is 0 Å². The number of hydrogen-bond acceptors (Lipinski definition) is 7. The number of primary amides is 1. The van der Waals surface area contributed by atoms with E-state index in [1.807, 2.05) is 0 Å². The molecule has 3 unspecified atom stereocenters. The molecule has 1 aromatic carbocycles. The molecular formula is C19H27N5O7. The summed E-state index contributed by atoms with van der Waals surface area (Å²) in [5, 5.41) is 25.4. The Labute approximate surface area is 178 Å². The Morgan fingerprint density at radius 3 is 2.06 bits per heavy atom. The van der Waals surface area contributed by atoms with Gasteiger partial charge in [-0.05, 0) is 31.0 Å². The summed E-state index contributed by atoms with van der Waals surface area (Å²) in [6.07, 6.45) is -0.388. The summed E-state index contributed by atoms with van der Waals surface area (Å²) in [5.41, 5.74) is 11.0. The highest BCUT2D eigenvalue weighted by molar-refractivity contribution is 5.94. The Kier molecular flexibility index (Phi) is 9.92. The lowest BCUT2D eigenvalue weighted by molar-refractivity contribution is -0.142. The fraction of sp³-hybridized carbons (Fsp3) is 0.421. The van der Waals surface area contributed by atoms with Crippen molar-refractivity contribution in [1.29, 1.82) is 0 Å². The minimum Gasteiger partial charge on any atom is -0.508 e. The highest BCUT2D eigenvalue weighted by Crippen LogP contribution is 2.12. The SMILES string of the molecule is CC(NC(=O)C(CCC(N)=O)NC(=O)C(Cc1ccc(O)cc1)NC(=O)CN)C(=O)O. The molecule has 0 spiro atoms. The van der Waals surface area contributed by atoms with Gasteiger partial charge in [0, 0.05) is 12.8 Å². The zero-order valence-electron chi connectivity index (χ0n) is 17.0. The molecule has 0 saturated heterocycles. The first-order valence-electron chi connectivity index (χ1n) is 9.42. The molecule has 1 rings (SSSR count). The number of aromatic hydroxyl groups is 1. The first-order valence-corrected chi connectivity index (χ1v) is 9.42. The second kappa shape index (κ2) is 12.1. The van der Waals surface area contributed by atoms with Crippen molar-refractivity contribution in [3.8, 4) is 5.75 Å². The molecule has 12 nitrogen and oxygen atoms in total. The summed E-state index contributed by atoms with van der Waals surface area (Å²) >= 11 is 0. The molecule has 1 aromatic rings. The van der Waals surface area contributed by atoms with Crippen LogP contribution in [0, 0.1) is 0 Å².